The van der Waals surface area contributed by atoms with E-state index in [1.165, 1.54) is 21.3 Å². The fraction of sp³-hybridized carbons (Fsp3) is 0.536. The zero-order chi connectivity index (χ0) is 29.3. The summed E-state index contributed by atoms with van der Waals surface area (Å²) in [6.07, 6.45) is -8.38. The predicted molar refractivity (Wildman–Crippen MR) is 138 cm³/mol. The Labute approximate surface area is 236 Å². The van der Waals surface area contributed by atoms with Crippen LogP contribution in [-0.4, -0.2) is 98.4 Å². The van der Waals surface area contributed by atoms with Crippen molar-refractivity contribution in [2.45, 2.75) is 43.2 Å². The normalized spacial score (nSPS) is 29.6. The van der Waals surface area contributed by atoms with Gasteiger partial charge in [0.15, 0.2) is 29.3 Å². The molecule has 0 radical (unpaired) electrons. The Balaban J connectivity index is 1.53. The lowest BCUT2D eigenvalue weighted by Gasteiger charge is -2.41. The van der Waals surface area contributed by atoms with Crippen molar-refractivity contribution in [3.8, 4) is 28.7 Å². The van der Waals surface area contributed by atoms with Crippen molar-refractivity contribution in [2.24, 2.45) is 11.8 Å². The molecule has 13 heteroatoms. The van der Waals surface area contributed by atoms with Gasteiger partial charge >= 0.3 is 5.97 Å². The number of aliphatic hydroxyl groups is 4. The Morgan fingerprint density at radius 1 is 0.902 bits per heavy atom. The number of rotatable bonds is 10. The lowest BCUT2D eigenvalue weighted by molar-refractivity contribution is -0.316. The smallest absolute Gasteiger partial charge is 0.312 e. The molecule has 224 valence electrons. The molecular weight excluding hydrogens is 544 g/mol. The number of hydrogen-bond acceptors (Lipinski definition) is 13. The lowest BCUT2D eigenvalue weighted by Crippen LogP contribution is -2.59. The third-order valence-corrected chi connectivity index (χ3v) is 7.63. The number of carbonyl (C=O) groups excluding carboxylic acids is 1. The standard InChI is InChI=1S/C28H34O13/c1-34-18-8-14(9-19(35-2)26(18)36-3)25(41-28-24(32)23(31)22(30)20(10-29)40-28)21-15(11-37-27(21)33)6-13-4-5-16-17(7-13)39-12-38-16/h4-5,7-9,15,20-25,28-32H,6,10-12H2,1-3H3/t15-,20+,21-,22-,23-,24+,25+,28-/m0/s1. The molecule has 0 aliphatic carbocycles. The zero-order valence-corrected chi connectivity index (χ0v) is 22.8. The van der Waals surface area contributed by atoms with E-state index in [-0.39, 0.29) is 13.4 Å². The molecule has 0 amide bonds. The van der Waals surface area contributed by atoms with Gasteiger partial charge in [-0.3, -0.25) is 4.79 Å². The Kier molecular flexibility index (Phi) is 8.73. The van der Waals surface area contributed by atoms with Crippen molar-refractivity contribution >= 4 is 5.97 Å². The van der Waals surface area contributed by atoms with Gasteiger partial charge in [0.25, 0.3) is 0 Å². The summed E-state index contributed by atoms with van der Waals surface area (Å²) < 4.78 is 44.8. The highest BCUT2D eigenvalue weighted by molar-refractivity contribution is 5.76. The highest BCUT2D eigenvalue weighted by Gasteiger charge is 2.49. The molecule has 5 rings (SSSR count). The summed E-state index contributed by atoms with van der Waals surface area (Å²) in [6.45, 7) is -0.419. The lowest BCUT2D eigenvalue weighted by atomic mass is 9.82. The molecule has 2 aromatic carbocycles. The predicted octanol–water partition coefficient (Wildman–Crippen LogP) is 0.331. The fourth-order valence-corrected chi connectivity index (χ4v) is 5.47. The number of hydrogen-bond donors (Lipinski definition) is 4. The van der Waals surface area contributed by atoms with Gasteiger partial charge < -0.3 is 58.3 Å². The van der Waals surface area contributed by atoms with Crippen LogP contribution in [0.2, 0.25) is 0 Å². The van der Waals surface area contributed by atoms with E-state index < -0.39 is 61.2 Å². The molecule has 8 atom stereocenters. The van der Waals surface area contributed by atoms with E-state index in [9.17, 15) is 25.2 Å². The highest BCUT2D eigenvalue weighted by atomic mass is 16.7. The van der Waals surface area contributed by atoms with Crippen LogP contribution in [0, 0.1) is 11.8 Å². The van der Waals surface area contributed by atoms with Gasteiger partial charge in [-0.05, 0) is 41.8 Å². The van der Waals surface area contributed by atoms with E-state index in [2.05, 4.69) is 0 Å². The molecule has 3 aliphatic rings. The SMILES string of the molecule is COc1cc([C@@H](O[C@@H]2O[C@H](CO)[C@H](O)[C@H](O)[C@H]2O)[C@H]2C(=O)OC[C@@H]2Cc2ccc3c(c2)OCO3)cc(OC)c1OC. The zero-order valence-electron chi connectivity index (χ0n) is 22.8. The van der Waals surface area contributed by atoms with Crippen molar-refractivity contribution in [3.63, 3.8) is 0 Å². The fourth-order valence-electron chi connectivity index (χ4n) is 5.47. The van der Waals surface area contributed by atoms with Gasteiger partial charge in [0.1, 0.15) is 24.4 Å². The van der Waals surface area contributed by atoms with Crippen molar-refractivity contribution in [3.05, 3.63) is 41.5 Å². The number of fused-ring (bicyclic) bond motifs is 1. The molecule has 0 saturated carbocycles. The second kappa shape index (κ2) is 12.3. The Hall–Kier alpha value is -3.33. The summed E-state index contributed by atoms with van der Waals surface area (Å²) in [4.78, 5) is 13.3. The van der Waals surface area contributed by atoms with Crippen LogP contribution in [0.3, 0.4) is 0 Å². The van der Waals surface area contributed by atoms with Crippen molar-refractivity contribution in [1.29, 1.82) is 0 Å². The second-order valence-electron chi connectivity index (χ2n) is 10.0. The summed E-state index contributed by atoms with van der Waals surface area (Å²) in [5.41, 5.74) is 1.29. The first-order valence-corrected chi connectivity index (χ1v) is 13.1. The third kappa shape index (κ3) is 5.61. The van der Waals surface area contributed by atoms with Crippen molar-refractivity contribution in [1.82, 2.24) is 0 Å². The van der Waals surface area contributed by atoms with E-state index >= 15 is 0 Å². The summed E-state index contributed by atoms with van der Waals surface area (Å²) in [5.74, 6) is 0.294. The average Bonchev–Trinajstić information content (AvgIpc) is 3.60. The Bertz CT molecular complexity index is 1210. The maximum Gasteiger partial charge on any atom is 0.312 e. The molecule has 3 heterocycles. The van der Waals surface area contributed by atoms with Gasteiger partial charge in [0.2, 0.25) is 12.5 Å². The molecule has 2 saturated heterocycles. The van der Waals surface area contributed by atoms with Crippen LogP contribution >= 0.6 is 0 Å². The van der Waals surface area contributed by atoms with Crippen LogP contribution in [0.5, 0.6) is 28.7 Å². The monoisotopic (exact) mass is 578 g/mol. The molecule has 0 bridgehead atoms. The minimum Gasteiger partial charge on any atom is -0.493 e. The highest BCUT2D eigenvalue weighted by Crippen LogP contribution is 2.46. The maximum absolute atomic E-state index is 13.3. The van der Waals surface area contributed by atoms with E-state index in [0.29, 0.717) is 40.7 Å². The Morgan fingerprint density at radius 2 is 1.61 bits per heavy atom. The van der Waals surface area contributed by atoms with Gasteiger partial charge in [-0.1, -0.05) is 6.07 Å². The number of ether oxygens (including phenoxy) is 8. The van der Waals surface area contributed by atoms with E-state index in [1.54, 1.807) is 18.2 Å². The number of carbonyl (C=O) groups is 1. The van der Waals surface area contributed by atoms with Crippen LogP contribution in [-0.2, 0) is 25.4 Å². The van der Waals surface area contributed by atoms with E-state index in [1.807, 2.05) is 12.1 Å². The molecule has 0 aromatic heterocycles. The van der Waals surface area contributed by atoms with Crippen LogP contribution in [0.4, 0.5) is 0 Å². The van der Waals surface area contributed by atoms with Crippen LogP contribution in [0.15, 0.2) is 30.3 Å². The van der Waals surface area contributed by atoms with Crippen molar-refractivity contribution in [2.75, 3.05) is 41.3 Å². The molecule has 3 aliphatic heterocycles. The molecule has 0 unspecified atom stereocenters. The average molecular weight is 579 g/mol. The molecule has 4 N–H and O–H groups in total. The van der Waals surface area contributed by atoms with Gasteiger partial charge in [-0.25, -0.2) is 0 Å². The summed E-state index contributed by atoms with van der Waals surface area (Å²) in [7, 11) is 4.35. The topological polar surface area (TPSA) is 172 Å². The molecule has 2 fully saturated rings. The first-order valence-electron chi connectivity index (χ1n) is 13.1. The number of methoxy groups -OCH3 is 3. The van der Waals surface area contributed by atoms with E-state index in [4.69, 9.17) is 37.9 Å². The van der Waals surface area contributed by atoms with Gasteiger partial charge in [-0.2, -0.15) is 0 Å². The quantitative estimate of drug-likeness (QED) is 0.285. The van der Waals surface area contributed by atoms with Gasteiger partial charge in [0, 0.05) is 5.92 Å². The first-order chi connectivity index (χ1) is 19.8. The van der Waals surface area contributed by atoms with Crippen molar-refractivity contribution < 1.29 is 63.1 Å². The van der Waals surface area contributed by atoms with Gasteiger partial charge in [0.05, 0.1) is 46.6 Å². The van der Waals surface area contributed by atoms with Crippen LogP contribution < -0.4 is 23.7 Å². The minimum absolute atomic E-state index is 0.0942. The molecule has 41 heavy (non-hydrogen) atoms. The van der Waals surface area contributed by atoms with Crippen LogP contribution in [0.1, 0.15) is 17.2 Å². The molecule has 13 nitrogen and oxygen atoms in total. The second-order valence-corrected chi connectivity index (χ2v) is 10.0. The third-order valence-electron chi connectivity index (χ3n) is 7.63. The maximum atomic E-state index is 13.3. The number of aliphatic hydroxyl groups excluding tert-OH is 4. The summed E-state index contributed by atoms with van der Waals surface area (Å²) >= 11 is 0. The number of cyclic esters (lactones) is 1. The molecular formula is C28H34O13. The number of esters is 1. The summed E-state index contributed by atoms with van der Waals surface area (Å²) in [5, 5.41) is 41.1. The number of benzene rings is 2. The van der Waals surface area contributed by atoms with Gasteiger partial charge in [-0.15, -0.1) is 0 Å². The Morgan fingerprint density at radius 3 is 2.27 bits per heavy atom. The largest absolute Gasteiger partial charge is 0.493 e. The minimum atomic E-state index is -1.69. The summed E-state index contributed by atoms with van der Waals surface area (Å²) in [6, 6.07) is 8.74. The van der Waals surface area contributed by atoms with E-state index in [0.717, 1.165) is 5.56 Å². The molecule has 0 spiro atoms. The first kappa shape index (κ1) is 29.2. The van der Waals surface area contributed by atoms with Crippen LogP contribution in [0.25, 0.3) is 0 Å². The molecule has 2 aromatic rings.